The van der Waals surface area contributed by atoms with Crippen LogP contribution >= 0.6 is 0 Å². The van der Waals surface area contributed by atoms with Crippen molar-refractivity contribution in [3.05, 3.63) is 40.6 Å². The Morgan fingerprint density at radius 1 is 1.00 bits per heavy atom. The maximum Gasteiger partial charge on any atom is 0.101 e. The van der Waals surface area contributed by atoms with Crippen LogP contribution in [-0.2, 0) is 4.74 Å². The van der Waals surface area contributed by atoms with Crippen molar-refractivity contribution < 1.29 is 4.74 Å². The molecule has 0 aromatic heterocycles. The van der Waals surface area contributed by atoms with Gasteiger partial charge in [0.25, 0.3) is 0 Å². The van der Waals surface area contributed by atoms with Gasteiger partial charge in [0.15, 0.2) is 0 Å². The lowest BCUT2D eigenvalue weighted by atomic mass is 9.77. The van der Waals surface area contributed by atoms with Crippen LogP contribution < -0.4 is 0 Å². The van der Waals surface area contributed by atoms with Gasteiger partial charge in [0, 0.05) is 5.92 Å². The van der Waals surface area contributed by atoms with Gasteiger partial charge in [0.05, 0.1) is 0 Å². The fraction of sp³-hybridized carbons (Fsp3) is 0.579. The van der Waals surface area contributed by atoms with Crippen molar-refractivity contribution >= 4 is 6.08 Å². The first-order valence-corrected chi connectivity index (χ1v) is 7.89. The lowest BCUT2D eigenvalue weighted by Crippen LogP contribution is -2.36. The van der Waals surface area contributed by atoms with E-state index in [0.717, 1.165) is 12.2 Å². The lowest BCUT2D eigenvalue weighted by Gasteiger charge is -2.40. The van der Waals surface area contributed by atoms with Gasteiger partial charge in [-0.05, 0) is 43.7 Å². The molecule has 0 amide bonds. The van der Waals surface area contributed by atoms with Crippen LogP contribution in [0.2, 0.25) is 0 Å². The van der Waals surface area contributed by atoms with Crippen LogP contribution in [-0.4, -0.2) is 6.10 Å². The minimum absolute atomic E-state index is 0.360. The molecule has 1 nitrogen and oxygen atoms in total. The van der Waals surface area contributed by atoms with Crippen LogP contribution in [0, 0.1) is 31.6 Å². The van der Waals surface area contributed by atoms with Gasteiger partial charge < -0.3 is 4.74 Å². The number of ether oxygens (including phenoxy) is 1. The van der Waals surface area contributed by atoms with Crippen molar-refractivity contribution in [1.29, 1.82) is 0 Å². The van der Waals surface area contributed by atoms with E-state index < -0.39 is 0 Å². The minimum atomic E-state index is 0.360. The first-order chi connectivity index (χ1) is 9.42. The zero-order valence-electron chi connectivity index (χ0n) is 13.7. The number of hydrogen-bond acceptors (Lipinski definition) is 1. The molecule has 0 N–H and O–H groups in total. The summed E-state index contributed by atoms with van der Waals surface area (Å²) in [5.41, 5.74) is 3.89. The third-order valence-corrected chi connectivity index (χ3v) is 4.90. The summed E-state index contributed by atoms with van der Waals surface area (Å²) < 4.78 is 6.28. The molecule has 1 aliphatic rings. The third-order valence-electron chi connectivity index (χ3n) is 4.90. The minimum Gasteiger partial charge on any atom is -0.494 e. The van der Waals surface area contributed by atoms with E-state index in [1.165, 1.54) is 16.7 Å². The molecule has 4 unspecified atom stereocenters. The van der Waals surface area contributed by atoms with Gasteiger partial charge in [0.1, 0.15) is 11.9 Å². The molecule has 0 saturated carbocycles. The maximum atomic E-state index is 6.28. The standard InChI is InChI=1S/C19H28O/c1-7-18-15(5)14(4)16(6)19(20-18)11-17-9-12(2)8-13(3)10-17/h8-11,14-16,18H,7H2,1-6H3. The van der Waals surface area contributed by atoms with Gasteiger partial charge >= 0.3 is 0 Å². The normalized spacial score (nSPS) is 32.2. The Balaban J connectivity index is 2.32. The van der Waals surface area contributed by atoms with Crippen molar-refractivity contribution in [3.8, 4) is 0 Å². The molecular formula is C19H28O. The molecule has 0 spiro atoms. The largest absolute Gasteiger partial charge is 0.494 e. The molecule has 110 valence electrons. The van der Waals surface area contributed by atoms with Gasteiger partial charge in [-0.15, -0.1) is 0 Å². The quantitative estimate of drug-likeness (QED) is 0.704. The summed E-state index contributed by atoms with van der Waals surface area (Å²) in [6.45, 7) is 13.5. The Kier molecular flexibility index (Phi) is 4.57. The molecule has 1 heteroatoms. The van der Waals surface area contributed by atoms with Gasteiger partial charge in [0.2, 0.25) is 0 Å². The third kappa shape index (κ3) is 3.08. The first-order valence-electron chi connectivity index (χ1n) is 7.89. The second-order valence-electron chi connectivity index (χ2n) is 6.54. The fourth-order valence-electron chi connectivity index (χ4n) is 3.32. The molecule has 1 saturated heterocycles. The fourth-order valence-corrected chi connectivity index (χ4v) is 3.32. The predicted molar refractivity (Wildman–Crippen MR) is 86.5 cm³/mol. The Hall–Kier alpha value is -1.24. The van der Waals surface area contributed by atoms with E-state index in [0.29, 0.717) is 23.9 Å². The van der Waals surface area contributed by atoms with Gasteiger partial charge in [-0.1, -0.05) is 57.0 Å². The second kappa shape index (κ2) is 6.03. The molecule has 0 bridgehead atoms. The van der Waals surface area contributed by atoms with Gasteiger partial charge in [-0.25, -0.2) is 0 Å². The van der Waals surface area contributed by atoms with E-state index in [4.69, 9.17) is 4.74 Å². The summed E-state index contributed by atoms with van der Waals surface area (Å²) in [4.78, 5) is 0. The SMILES string of the molecule is CCC1OC(=Cc2cc(C)cc(C)c2)C(C)C(C)C1C. The summed E-state index contributed by atoms with van der Waals surface area (Å²) in [5, 5.41) is 0. The number of allylic oxidation sites excluding steroid dienone is 1. The van der Waals surface area contributed by atoms with Crippen molar-refractivity contribution in [3.63, 3.8) is 0 Å². The molecule has 2 rings (SSSR count). The zero-order chi connectivity index (χ0) is 14.9. The molecule has 1 fully saturated rings. The summed E-state index contributed by atoms with van der Waals surface area (Å²) in [7, 11) is 0. The van der Waals surface area contributed by atoms with E-state index in [9.17, 15) is 0 Å². The average Bonchev–Trinajstić information content (AvgIpc) is 2.38. The number of aryl methyl sites for hydroxylation is 2. The van der Waals surface area contributed by atoms with E-state index in [2.05, 4.69) is 65.8 Å². The Morgan fingerprint density at radius 3 is 2.15 bits per heavy atom. The molecule has 20 heavy (non-hydrogen) atoms. The van der Waals surface area contributed by atoms with Crippen molar-refractivity contribution in [2.24, 2.45) is 17.8 Å². The lowest BCUT2D eigenvalue weighted by molar-refractivity contribution is -0.0240. The second-order valence-corrected chi connectivity index (χ2v) is 6.54. The molecule has 0 aliphatic carbocycles. The van der Waals surface area contributed by atoms with Crippen LogP contribution in [0.25, 0.3) is 6.08 Å². The molecule has 0 radical (unpaired) electrons. The highest BCUT2D eigenvalue weighted by Crippen LogP contribution is 2.39. The first kappa shape index (κ1) is 15.2. The van der Waals surface area contributed by atoms with Crippen molar-refractivity contribution in [2.45, 2.75) is 54.1 Å². The van der Waals surface area contributed by atoms with Crippen LogP contribution in [0.3, 0.4) is 0 Å². The number of benzene rings is 1. The Morgan fingerprint density at radius 2 is 1.60 bits per heavy atom. The van der Waals surface area contributed by atoms with E-state index in [1.54, 1.807) is 0 Å². The van der Waals surface area contributed by atoms with E-state index in [1.807, 2.05) is 0 Å². The smallest absolute Gasteiger partial charge is 0.101 e. The zero-order valence-corrected chi connectivity index (χ0v) is 13.7. The van der Waals surface area contributed by atoms with Crippen LogP contribution in [0.4, 0.5) is 0 Å². The summed E-state index contributed by atoms with van der Waals surface area (Å²) in [5.74, 6) is 2.96. The molecule has 1 aromatic rings. The Bertz CT molecular complexity index is 478. The molecule has 1 aromatic carbocycles. The summed E-state index contributed by atoms with van der Waals surface area (Å²) in [6, 6.07) is 6.69. The van der Waals surface area contributed by atoms with E-state index in [-0.39, 0.29) is 0 Å². The number of rotatable bonds is 2. The highest BCUT2D eigenvalue weighted by atomic mass is 16.5. The summed E-state index contributed by atoms with van der Waals surface area (Å²) >= 11 is 0. The van der Waals surface area contributed by atoms with E-state index >= 15 is 0 Å². The molecule has 1 aliphatic heterocycles. The Labute approximate surface area is 124 Å². The van der Waals surface area contributed by atoms with Crippen molar-refractivity contribution in [2.75, 3.05) is 0 Å². The van der Waals surface area contributed by atoms with Crippen LogP contribution in [0.1, 0.15) is 50.8 Å². The van der Waals surface area contributed by atoms with Crippen molar-refractivity contribution in [1.82, 2.24) is 0 Å². The highest BCUT2D eigenvalue weighted by Gasteiger charge is 2.35. The number of hydrogen-bond donors (Lipinski definition) is 0. The molecular weight excluding hydrogens is 244 g/mol. The maximum absolute atomic E-state index is 6.28. The topological polar surface area (TPSA) is 9.23 Å². The molecule has 1 heterocycles. The average molecular weight is 272 g/mol. The monoisotopic (exact) mass is 272 g/mol. The van der Waals surface area contributed by atoms with Gasteiger partial charge in [-0.3, -0.25) is 0 Å². The predicted octanol–water partition coefficient (Wildman–Crippen LogP) is 5.36. The van der Waals surface area contributed by atoms with Gasteiger partial charge in [-0.2, -0.15) is 0 Å². The van der Waals surface area contributed by atoms with Crippen LogP contribution in [0.5, 0.6) is 0 Å². The van der Waals surface area contributed by atoms with Crippen LogP contribution in [0.15, 0.2) is 24.0 Å². The summed E-state index contributed by atoms with van der Waals surface area (Å²) in [6.07, 6.45) is 3.69. The highest BCUT2D eigenvalue weighted by molar-refractivity contribution is 5.54. The molecule has 4 atom stereocenters.